The first kappa shape index (κ1) is 19.3. The highest BCUT2D eigenvalue weighted by Gasteiger charge is 2.41. The maximum atomic E-state index is 12.0. The van der Waals surface area contributed by atoms with E-state index in [1.807, 2.05) is 11.8 Å². The van der Waals surface area contributed by atoms with Crippen molar-refractivity contribution in [2.24, 2.45) is 0 Å². The lowest BCUT2D eigenvalue weighted by Gasteiger charge is -2.15. The molecule has 1 saturated heterocycles. The van der Waals surface area contributed by atoms with Crippen molar-refractivity contribution in [3.8, 4) is 0 Å². The third kappa shape index (κ3) is 5.22. The minimum Gasteiger partial charge on any atom is -0.356 e. The molecule has 1 N–H and O–H groups in total. The van der Waals surface area contributed by atoms with Gasteiger partial charge in [0.1, 0.15) is 6.04 Å². The van der Waals surface area contributed by atoms with Gasteiger partial charge < -0.3 is 10.2 Å². The Morgan fingerprint density at radius 2 is 2.04 bits per heavy atom. The van der Waals surface area contributed by atoms with Gasteiger partial charge in [-0.25, -0.2) is 4.79 Å². The summed E-state index contributed by atoms with van der Waals surface area (Å²) in [5.41, 5.74) is 2.58. The number of hydrogen-bond donors (Lipinski definition) is 1. The number of likely N-dealkylation sites (N-methyl/N-ethyl adjacent to an activating group) is 2. The van der Waals surface area contributed by atoms with E-state index < -0.39 is 6.04 Å². The molecule has 1 unspecified atom stereocenters. The smallest absolute Gasteiger partial charge is 0.326 e. The third-order valence-corrected chi connectivity index (χ3v) is 5.30. The standard InChI is InChI=1S/C18H25N3O3S/c1-13-6-4-7-14(10-13)12-25-9-5-8-19-16(22)11-15-17(23)21(3)18(24)20(15)2/h4,6-7,10,15H,5,8-9,11-12H2,1-3H3,(H,19,22). The summed E-state index contributed by atoms with van der Waals surface area (Å²) in [7, 11) is 2.98. The van der Waals surface area contributed by atoms with Crippen LogP contribution in [0.3, 0.4) is 0 Å². The number of rotatable bonds is 8. The van der Waals surface area contributed by atoms with Crippen molar-refractivity contribution in [3.63, 3.8) is 0 Å². The van der Waals surface area contributed by atoms with Gasteiger partial charge in [0.05, 0.1) is 6.42 Å². The Morgan fingerprint density at radius 3 is 2.68 bits per heavy atom. The first-order valence-electron chi connectivity index (χ1n) is 8.34. The quantitative estimate of drug-likeness (QED) is 0.567. The zero-order chi connectivity index (χ0) is 18.4. The number of benzene rings is 1. The topological polar surface area (TPSA) is 69.7 Å². The SMILES string of the molecule is Cc1cccc(CSCCCNC(=O)CC2C(=O)N(C)C(=O)N2C)c1. The molecule has 1 aromatic carbocycles. The van der Waals surface area contributed by atoms with E-state index in [1.165, 1.54) is 23.1 Å². The minimum absolute atomic E-state index is 0.0157. The Balaban J connectivity index is 1.61. The van der Waals surface area contributed by atoms with Gasteiger partial charge >= 0.3 is 6.03 Å². The molecule has 1 atom stereocenters. The average Bonchev–Trinajstić information content (AvgIpc) is 2.76. The molecule has 0 aromatic heterocycles. The zero-order valence-corrected chi connectivity index (χ0v) is 15.8. The third-order valence-electron chi connectivity index (χ3n) is 4.19. The van der Waals surface area contributed by atoms with Crippen molar-refractivity contribution in [1.82, 2.24) is 15.1 Å². The molecule has 0 aliphatic carbocycles. The summed E-state index contributed by atoms with van der Waals surface area (Å²) in [5, 5.41) is 2.83. The van der Waals surface area contributed by atoms with E-state index in [4.69, 9.17) is 0 Å². The van der Waals surface area contributed by atoms with Gasteiger partial charge in [-0.3, -0.25) is 14.5 Å². The second-order valence-corrected chi connectivity index (χ2v) is 7.36. The van der Waals surface area contributed by atoms with Gasteiger partial charge in [0.25, 0.3) is 5.91 Å². The molecular formula is C18H25N3O3S. The Hall–Kier alpha value is -2.02. The molecule has 2 rings (SSSR count). The number of imide groups is 1. The van der Waals surface area contributed by atoms with Gasteiger partial charge in [-0.15, -0.1) is 0 Å². The maximum absolute atomic E-state index is 12.0. The number of hydrogen-bond acceptors (Lipinski definition) is 4. The van der Waals surface area contributed by atoms with Crippen molar-refractivity contribution in [1.29, 1.82) is 0 Å². The van der Waals surface area contributed by atoms with Crippen LogP contribution in [0.4, 0.5) is 4.79 Å². The summed E-state index contributed by atoms with van der Waals surface area (Å²) in [6, 6.07) is 7.40. The Morgan fingerprint density at radius 1 is 1.28 bits per heavy atom. The van der Waals surface area contributed by atoms with Crippen molar-refractivity contribution < 1.29 is 14.4 Å². The number of urea groups is 1. The number of carbonyl (C=O) groups is 3. The molecule has 0 radical (unpaired) electrons. The molecule has 4 amide bonds. The predicted octanol–water partition coefficient (Wildman–Crippen LogP) is 2.02. The van der Waals surface area contributed by atoms with Gasteiger partial charge in [-0.1, -0.05) is 29.8 Å². The molecule has 0 spiro atoms. The van der Waals surface area contributed by atoms with E-state index in [0.717, 1.165) is 22.8 Å². The number of nitrogens with one attached hydrogen (secondary N) is 1. The second-order valence-electron chi connectivity index (χ2n) is 6.26. The second kappa shape index (κ2) is 8.89. The fraction of sp³-hybridized carbons (Fsp3) is 0.500. The van der Waals surface area contributed by atoms with Gasteiger partial charge in [0, 0.05) is 26.4 Å². The van der Waals surface area contributed by atoms with Crippen molar-refractivity contribution in [2.45, 2.75) is 31.6 Å². The van der Waals surface area contributed by atoms with Crippen molar-refractivity contribution in [3.05, 3.63) is 35.4 Å². The molecule has 6 nitrogen and oxygen atoms in total. The summed E-state index contributed by atoms with van der Waals surface area (Å²) in [6.07, 6.45) is 0.886. The summed E-state index contributed by atoms with van der Waals surface area (Å²) in [5.74, 6) is 1.40. The molecule has 1 fully saturated rings. The fourth-order valence-corrected chi connectivity index (χ4v) is 3.63. The Kier molecular flexibility index (Phi) is 6.87. The van der Waals surface area contributed by atoms with Crippen LogP contribution in [-0.4, -0.2) is 60.1 Å². The van der Waals surface area contributed by atoms with E-state index in [9.17, 15) is 14.4 Å². The van der Waals surface area contributed by atoms with Crippen LogP contribution in [0.2, 0.25) is 0 Å². The number of aryl methyl sites for hydroxylation is 1. The van der Waals surface area contributed by atoms with Crippen LogP contribution in [0.5, 0.6) is 0 Å². The molecule has 1 aliphatic heterocycles. The highest BCUT2D eigenvalue weighted by atomic mass is 32.2. The largest absolute Gasteiger partial charge is 0.356 e. The zero-order valence-electron chi connectivity index (χ0n) is 14.9. The average molecular weight is 363 g/mol. The predicted molar refractivity (Wildman–Crippen MR) is 99.3 cm³/mol. The molecule has 1 aromatic rings. The lowest BCUT2D eigenvalue weighted by atomic mass is 10.2. The maximum Gasteiger partial charge on any atom is 0.326 e. The number of nitrogens with zero attached hydrogens (tertiary/aromatic N) is 2. The monoisotopic (exact) mass is 363 g/mol. The molecule has 136 valence electrons. The number of thioether (sulfide) groups is 1. The summed E-state index contributed by atoms with van der Waals surface area (Å²) in [6.45, 7) is 2.66. The minimum atomic E-state index is -0.687. The van der Waals surface area contributed by atoms with E-state index in [2.05, 4.69) is 36.5 Å². The van der Waals surface area contributed by atoms with Crippen LogP contribution >= 0.6 is 11.8 Å². The van der Waals surface area contributed by atoms with E-state index >= 15 is 0 Å². The van der Waals surface area contributed by atoms with E-state index in [1.54, 1.807) is 7.05 Å². The molecule has 25 heavy (non-hydrogen) atoms. The van der Waals surface area contributed by atoms with Crippen LogP contribution in [0, 0.1) is 6.92 Å². The molecule has 0 bridgehead atoms. The van der Waals surface area contributed by atoms with Crippen LogP contribution in [0.25, 0.3) is 0 Å². The normalized spacial score (nSPS) is 17.3. The van der Waals surface area contributed by atoms with Crippen molar-refractivity contribution in [2.75, 3.05) is 26.4 Å². The summed E-state index contributed by atoms with van der Waals surface area (Å²) >= 11 is 1.84. The lowest BCUT2D eigenvalue weighted by Crippen LogP contribution is -2.37. The molecule has 0 saturated carbocycles. The van der Waals surface area contributed by atoms with Crippen LogP contribution in [0.1, 0.15) is 24.0 Å². The number of amides is 4. The summed E-state index contributed by atoms with van der Waals surface area (Å²) in [4.78, 5) is 37.9. The van der Waals surface area contributed by atoms with E-state index in [0.29, 0.717) is 6.54 Å². The highest BCUT2D eigenvalue weighted by molar-refractivity contribution is 7.98. The van der Waals surface area contributed by atoms with Crippen LogP contribution in [-0.2, 0) is 15.3 Å². The number of carbonyl (C=O) groups excluding carboxylic acids is 3. The Labute approximate surface area is 152 Å². The molecule has 7 heteroatoms. The highest BCUT2D eigenvalue weighted by Crippen LogP contribution is 2.17. The first-order chi connectivity index (χ1) is 11.9. The fourth-order valence-electron chi connectivity index (χ4n) is 2.72. The van der Waals surface area contributed by atoms with Gasteiger partial charge in [-0.2, -0.15) is 11.8 Å². The van der Waals surface area contributed by atoms with Crippen molar-refractivity contribution >= 4 is 29.6 Å². The van der Waals surface area contributed by atoms with Gasteiger partial charge in [0.15, 0.2) is 0 Å². The van der Waals surface area contributed by atoms with Crippen LogP contribution in [0.15, 0.2) is 24.3 Å². The molecular weight excluding hydrogens is 338 g/mol. The first-order valence-corrected chi connectivity index (χ1v) is 9.50. The van der Waals surface area contributed by atoms with E-state index in [-0.39, 0.29) is 24.3 Å². The van der Waals surface area contributed by atoms with Crippen LogP contribution < -0.4 is 5.32 Å². The molecule has 1 aliphatic rings. The molecule has 1 heterocycles. The Bertz CT molecular complexity index is 650. The summed E-state index contributed by atoms with van der Waals surface area (Å²) < 4.78 is 0. The van der Waals surface area contributed by atoms with Gasteiger partial charge in [-0.05, 0) is 24.7 Å². The lowest BCUT2D eigenvalue weighted by molar-refractivity contribution is -0.131. The van der Waals surface area contributed by atoms with Gasteiger partial charge in [0.2, 0.25) is 5.91 Å².